The number of aryl methyl sites for hydroxylation is 1. The molecule has 0 saturated carbocycles. The summed E-state index contributed by atoms with van der Waals surface area (Å²) in [4.78, 5) is 23.6. The topological polar surface area (TPSA) is 104 Å². The fourth-order valence-electron chi connectivity index (χ4n) is 2.22. The molecule has 2 aromatic rings. The molecule has 8 heteroatoms. The zero-order chi connectivity index (χ0) is 19.9. The second-order valence-corrected chi connectivity index (χ2v) is 7.71. The van der Waals surface area contributed by atoms with Crippen molar-refractivity contribution in [1.29, 1.82) is 0 Å². The van der Waals surface area contributed by atoms with Crippen LogP contribution in [0.15, 0.2) is 53.4 Å². The first-order valence-electron chi connectivity index (χ1n) is 8.56. The van der Waals surface area contributed by atoms with E-state index in [1.807, 2.05) is 6.92 Å². The summed E-state index contributed by atoms with van der Waals surface area (Å²) in [5.41, 5.74) is 2.01. The number of carbonyl (C=O) groups is 2. The van der Waals surface area contributed by atoms with Gasteiger partial charge in [-0.05, 0) is 43.3 Å². The van der Waals surface area contributed by atoms with Crippen molar-refractivity contribution in [2.75, 3.05) is 18.4 Å². The number of amides is 2. The van der Waals surface area contributed by atoms with Crippen molar-refractivity contribution in [3.8, 4) is 0 Å². The van der Waals surface area contributed by atoms with Gasteiger partial charge in [-0.2, -0.15) is 0 Å². The number of benzene rings is 2. The summed E-state index contributed by atoms with van der Waals surface area (Å²) in [7, 11) is -3.60. The molecule has 0 aliphatic rings. The number of nitrogens with one attached hydrogen (secondary N) is 3. The minimum Gasteiger partial charge on any atom is -0.351 e. The Kier molecular flexibility index (Phi) is 7.09. The minimum absolute atomic E-state index is 0.0760. The first-order valence-corrected chi connectivity index (χ1v) is 10.0. The lowest BCUT2D eigenvalue weighted by molar-refractivity contribution is -0.115. The van der Waals surface area contributed by atoms with Crippen LogP contribution in [0.3, 0.4) is 0 Å². The number of sulfonamides is 1. The van der Waals surface area contributed by atoms with E-state index in [1.54, 1.807) is 43.3 Å². The zero-order valence-electron chi connectivity index (χ0n) is 15.3. The van der Waals surface area contributed by atoms with Crippen LogP contribution in [0, 0.1) is 6.92 Å². The largest absolute Gasteiger partial charge is 0.351 e. The maximum Gasteiger partial charge on any atom is 0.251 e. The lowest BCUT2D eigenvalue weighted by atomic mass is 10.2. The SMILES string of the molecule is CCC(=O)Nc1ccc(C(=O)NCCNS(=O)(=O)c2ccc(C)cc2)cc1. The Morgan fingerprint density at radius 2 is 1.56 bits per heavy atom. The summed E-state index contributed by atoms with van der Waals surface area (Å²) in [5.74, 6) is -0.425. The molecule has 0 saturated heterocycles. The molecule has 2 amide bonds. The Hall–Kier alpha value is -2.71. The lowest BCUT2D eigenvalue weighted by Crippen LogP contribution is -2.34. The molecule has 0 radical (unpaired) electrons. The van der Waals surface area contributed by atoms with Gasteiger partial charge in [0.15, 0.2) is 0 Å². The van der Waals surface area contributed by atoms with Crippen LogP contribution in [0.2, 0.25) is 0 Å². The monoisotopic (exact) mass is 389 g/mol. The Morgan fingerprint density at radius 3 is 2.15 bits per heavy atom. The summed E-state index contributed by atoms with van der Waals surface area (Å²) in [6.45, 7) is 3.86. The van der Waals surface area contributed by atoms with Gasteiger partial charge in [0.1, 0.15) is 0 Å². The predicted molar refractivity (Wildman–Crippen MR) is 104 cm³/mol. The van der Waals surface area contributed by atoms with E-state index in [0.29, 0.717) is 17.7 Å². The number of rotatable bonds is 8. The van der Waals surface area contributed by atoms with Crippen molar-refractivity contribution in [3.05, 3.63) is 59.7 Å². The van der Waals surface area contributed by atoms with Gasteiger partial charge in [0.2, 0.25) is 15.9 Å². The van der Waals surface area contributed by atoms with Crippen LogP contribution in [0.25, 0.3) is 0 Å². The van der Waals surface area contributed by atoms with Gasteiger partial charge in [-0.15, -0.1) is 0 Å². The van der Waals surface area contributed by atoms with Crippen molar-refractivity contribution in [2.24, 2.45) is 0 Å². The van der Waals surface area contributed by atoms with Gasteiger partial charge < -0.3 is 10.6 Å². The summed E-state index contributed by atoms with van der Waals surface area (Å²) in [6, 6.07) is 13.0. The highest BCUT2D eigenvalue weighted by atomic mass is 32.2. The maximum absolute atomic E-state index is 12.2. The van der Waals surface area contributed by atoms with E-state index in [2.05, 4.69) is 15.4 Å². The van der Waals surface area contributed by atoms with Crippen molar-refractivity contribution < 1.29 is 18.0 Å². The van der Waals surface area contributed by atoms with E-state index >= 15 is 0 Å². The van der Waals surface area contributed by atoms with Gasteiger partial charge >= 0.3 is 0 Å². The first kappa shape index (κ1) is 20.6. The smallest absolute Gasteiger partial charge is 0.251 e. The molecule has 2 rings (SSSR count). The number of anilines is 1. The van der Waals surface area contributed by atoms with Crippen LogP contribution in [-0.2, 0) is 14.8 Å². The third-order valence-corrected chi connectivity index (χ3v) is 5.26. The van der Waals surface area contributed by atoms with Crippen LogP contribution in [-0.4, -0.2) is 33.3 Å². The Balaban J connectivity index is 1.82. The Bertz CT molecular complexity index is 892. The molecule has 0 bridgehead atoms. The van der Waals surface area contributed by atoms with Crippen molar-refractivity contribution in [1.82, 2.24) is 10.0 Å². The molecule has 0 atom stereocenters. The first-order chi connectivity index (χ1) is 12.8. The standard InChI is InChI=1S/C19H23N3O4S/c1-3-18(23)22-16-8-6-15(7-9-16)19(24)20-12-13-21-27(25,26)17-10-4-14(2)5-11-17/h4-11,21H,3,12-13H2,1-2H3,(H,20,24)(H,22,23). The highest BCUT2D eigenvalue weighted by Gasteiger charge is 2.13. The van der Waals surface area contributed by atoms with Crippen molar-refractivity contribution >= 4 is 27.5 Å². The molecular formula is C19H23N3O4S. The molecule has 0 aliphatic carbocycles. The minimum atomic E-state index is -3.60. The van der Waals surface area contributed by atoms with E-state index in [-0.39, 0.29) is 29.8 Å². The van der Waals surface area contributed by atoms with E-state index in [4.69, 9.17) is 0 Å². The van der Waals surface area contributed by atoms with E-state index < -0.39 is 10.0 Å². The normalized spacial score (nSPS) is 11.0. The maximum atomic E-state index is 12.2. The lowest BCUT2D eigenvalue weighted by Gasteiger charge is -2.09. The molecule has 0 fully saturated rings. The van der Waals surface area contributed by atoms with Crippen LogP contribution in [0.1, 0.15) is 29.3 Å². The summed E-state index contributed by atoms with van der Waals surface area (Å²) in [6.07, 6.45) is 0.376. The average Bonchev–Trinajstić information content (AvgIpc) is 2.66. The van der Waals surface area contributed by atoms with Gasteiger partial charge in [0, 0.05) is 30.8 Å². The van der Waals surface area contributed by atoms with Crippen molar-refractivity contribution in [2.45, 2.75) is 25.2 Å². The average molecular weight is 389 g/mol. The summed E-state index contributed by atoms with van der Waals surface area (Å²) < 4.78 is 26.7. The van der Waals surface area contributed by atoms with Gasteiger partial charge in [0.25, 0.3) is 5.91 Å². The third kappa shape index (κ3) is 6.19. The summed E-state index contributed by atoms with van der Waals surface area (Å²) in [5, 5.41) is 5.35. The van der Waals surface area contributed by atoms with Crippen LogP contribution >= 0.6 is 0 Å². The van der Waals surface area contributed by atoms with Gasteiger partial charge in [-0.1, -0.05) is 24.6 Å². The predicted octanol–water partition coefficient (Wildman–Crippen LogP) is 2.05. The molecule has 2 aromatic carbocycles. The fourth-order valence-corrected chi connectivity index (χ4v) is 3.25. The van der Waals surface area contributed by atoms with Gasteiger partial charge in [0.05, 0.1) is 4.90 Å². The van der Waals surface area contributed by atoms with Crippen LogP contribution < -0.4 is 15.4 Å². The zero-order valence-corrected chi connectivity index (χ0v) is 16.1. The molecular weight excluding hydrogens is 366 g/mol. The second-order valence-electron chi connectivity index (χ2n) is 5.95. The third-order valence-electron chi connectivity index (χ3n) is 3.79. The van der Waals surface area contributed by atoms with E-state index in [0.717, 1.165) is 5.56 Å². The molecule has 27 heavy (non-hydrogen) atoms. The van der Waals surface area contributed by atoms with Crippen molar-refractivity contribution in [3.63, 3.8) is 0 Å². The molecule has 7 nitrogen and oxygen atoms in total. The number of carbonyl (C=O) groups excluding carboxylic acids is 2. The highest BCUT2D eigenvalue weighted by molar-refractivity contribution is 7.89. The van der Waals surface area contributed by atoms with Gasteiger partial charge in [-0.3, -0.25) is 9.59 Å². The number of hydrogen-bond donors (Lipinski definition) is 3. The Labute approximate surface area is 159 Å². The molecule has 0 aliphatic heterocycles. The molecule has 0 heterocycles. The van der Waals surface area contributed by atoms with Crippen LogP contribution in [0.5, 0.6) is 0 Å². The van der Waals surface area contributed by atoms with E-state index in [1.165, 1.54) is 12.1 Å². The molecule has 0 aromatic heterocycles. The Morgan fingerprint density at radius 1 is 0.926 bits per heavy atom. The number of hydrogen-bond acceptors (Lipinski definition) is 4. The fraction of sp³-hybridized carbons (Fsp3) is 0.263. The molecule has 144 valence electrons. The van der Waals surface area contributed by atoms with Gasteiger partial charge in [-0.25, -0.2) is 13.1 Å². The van der Waals surface area contributed by atoms with E-state index in [9.17, 15) is 18.0 Å². The second kappa shape index (κ2) is 9.29. The molecule has 3 N–H and O–H groups in total. The quantitative estimate of drug-likeness (QED) is 0.601. The summed E-state index contributed by atoms with van der Waals surface area (Å²) >= 11 is 0. The highest BCUT2D eigenvalue weighted by Crippen LogP contribution is 2.10. The van der Waals surface area contributed by atoms with Crippen LogP contribution in [0.4, 0.5) is 5.69 Å². The molecule has 0 spiro atoms. The molecule has 0 unspecified atom stereocenters.